The van der Waals surface area contributed by atoms with Gasteiger partial charge in [0.05, 0.1) is 0 Å². The molecule has 2 aromatic rings. The number of aryl methyl sites for hydroxylation is 2. The number of aromatic nitrogens is 2. The molecule has 1 aromatic carbocycles. The van der Waals surface area contributed by atoms with Gasteiger partial charge in [-0.15, -0.1) is 0 Å². The maximum atomic E-state index is 10.4. The van der Waals surface area contributed by atoms with Crippen molar-refractivity contribution < 1.29 is 5.11 Å². The van der Waals surface area contributed by atoms with Crippen LogP contribution >= 0.6 is 0 Å². The van der Waals surface area contributed by atoms with Crippen molar-refractivity contribution >= 4 is 0 Å². The van der Waals surface area contributed by atoms with Crippen molar-refractivity contribution in [3.8, 4) is 0 Å². The molecule has 1 heterocycles. The zero-order valence-corrected chi connectivity index (χ0v) is 10.5. The molecule has 1 unspecified atom stereocenters. The maximum absolute atomic E-state index is 10.4. The highest BCUT2D eigenvalue weighted by Crippen LogP contribution is 2.25. The minimum Gasteiger partial charge on any atom is -0.380 e. The molecule has 0 bridgehead atoms. The first kappa shape index (κ1) is 11.9. The highest BCUT2D eigenvalue weighted by molar-refractivity contribution is 5.36. The molecule has 17 heavy (non-hydrogen) atoms. The number of imidazole rings is 1. The number of aliphatic hydroxyl groups is 1. The van der Waals surface area contributed by atoms with E-state index in [1.165, 1.54) is 5.56 Å². The molecule has 0 radical (unpaired) electrons. The molecule has 3 nitrogen and oxygen atoms in total. The second-order valence-electron chi connectivity index (χ2n) is 4.26. The van der Waals surface area contributed by atoms with Crippen LogP contribution in [0.3, 0.4) is 0 Å². The third-order valence-electron chi connectivity index (χ3n) is 3.27. The Morgan fingerprint density at radius 2 is 2.12 bits per heavy atom. The highest BCUT2D eigenvalue weighted by Gasteiger charge is 2.17. The molecular formula is C14H18N2O. The van der Waals surface area contributed by atoms with E-state index in [0.717, 1.165) is 17.7 Å². The van der Waals surface area contributed by atoms with Crippen molar-refractivity contribution in [3.63, 3.8) is 0 Å². The van der Waals surface area contributed by atoms with Gasteiger partial charge >= 0.3 is 0 Å². The van der Waals surface area contributed by atoms with Crippen LogP contribution in [0.15, 0.2) is 30.6 Å². The van der Waals surface area contributed by atoms with E-state index in [-0.39, 0.29) is 0 Å². The molecule has 0 aliphatic heterocycles. The maximum Gasteiger partial charge on any atom is 0.142 e. The van der Waals surface area contributed by atoms with Gasteiger partial charge in [-0.2, -0.15) is 0 Å². The Labute approximate surface area is 102 Å². The topological polar surface area (TPSA) is 38.0 Å². The third-order valence-corrected chi connectivity index (χ3v) is 3.27. The fourth-order valence-electron chi connectivity index (χ4n) is 2.04. The molecular weight excluding hydrogens is 212 g/mol. The van der Waals surface area contributed by atoms with Crippen molar-refractivity contribution in [2.24, 2.45) is 0 Å². The van der Waals surface area contributed by atoms with Crippen LogP contribution in [0.4, 0.5) is 0 Å². The molecule has 0 aliphatic rings. The second-order valence-corrected chi connectivity index (χ2v) is 4.26. The van der Waals surface area contributed by atoms with E-state index in [0.29, 0.717) is 5.82 Å². The Morgan fingerprint density at radius 3 is 2.82 bits per heavy atom. The number of rotatable bonds is 3. The van der Waals surface area contributed by atoms with Gasteiger partial charge in [-0.3, -0.25) is 0 Å². The summed E-state index contributed by atoms with van der Waals surface area (Å²) in [5, 5.41) is 10.4. The average Bonchev–Trinajstić information content (AvgIpc) is 2.80. The Balaban J connectivity index is 2.44. The molecule has 0 aliphatic carbocycles. The third kappa shape index (κ3) is 2.11. The fourth-order valence-corrected chi connectivity index (χ4v) is 2.04. The summed E-state index contributed by atoms with van der Waals surface area (Å²) in [6.45, 7) is 6.95. The normalized spacial score (nSPS) is 12.7. The lowest BCUT2D eigenvalue weighted by atomic mass is 9.99. The number of hydrogen-bond acceptors (Lipinski definition) is 2. The van der Waals surface area contributed by atoms with Gasteiger partial charge in [0.25, 0.3) is 0 Å². The molecule has 0 fully saturated rings. The Morgan fingerprint density at radius 1 is 1.35 bits per heavy atom. The van der Waals surface area contributed by atoms with Gasteiger partial charge in [-0.25, -0.2) is 4.98 Å². The molecule has 1 aromatic heterocycles. The van der Waals surface area contributed by atoms with Crippen molar-refractivity contribution in [2.75, 3.05) is 0 Å². The zero-order chi connectivity index (χ0) is 12.4. The molecule has 1 N–H and O–H groups in total. The molecule has 1 atom stereocenters. The molecule has 2 rings (SSSR count). The Bertz CT molecular complexity index is 517. The first-order valence-electron chi connectivity index (χ1n) is 5.90. The Hall–Kier alpha value is -1.61. The van der Waals surface area contributed by atoms with Gasteiger partial charge in [0.2, 0.25) is 0 Å². The van der Waals surface area contributed by atoms with E-state index in [1.54, 1.807) is 6.20 Å². The van der Waals surface area contributed by atoms with Crippen molar-refractivity contribution in [3.05, 3.63) is 53.1 Å². The number of aliphatic hydroxyl groups excluding tert-OH is 1. The summed E-state index contributed by atoms with van der Waals surface area (Å²) in [7, 11) is 0. The standard InChI is InChI=1S/C14H18N2O/c1-4-16-9-8-15-14(16)13(17)12-7-5-6-10(2)11(12)3/h5-9,13,17H,4H2,1-3H3. The molecule has 0 saturated carbocycles. The van der Waals surface area contributed by atoms with Gasteiger partial charge in [0.1, 0.15) is 11.9 Å². The minimum atomic E-state index is -0.648. The summed E-state index contributed by atoms with van der Waals surface area (Å²) >= 11 is 0. The first-order valence-corrected chi connectivity index (χ1v) is 5.90. The van der Waals surface area contributed by atoms with Crippen LogP contribution in [0.5, 0.6) is 0 Å². The molecule has 90 valence electrons. The lowest BCUT2D eigenvalue weighted by Gasteiger charge is -2.16. The van der Waals surface area contributed by atoms with Crippen LogP contribution < -0.4 is 0 Å². The smallest absolute Gasteiger partial charge is 0.142 e. The van der Waals surface area contributed by atoms with Crippen LogP contribution in [0.25, 0.3) is 0 Å². The van der Waals surface area contributed by atoms with Gasteiger partial charge in [0, 0.05) is 18.9 Å². The van der Waals surface area contributed by atoms with E-state index >= 15 is 0 Å². The number of nitrogens with zero attached hydrogens (tertiary/aromatic N) is 2. The van der Waals surface area contributed by atoms with Crippen molar-refractivity contribution in [1.29, 1.82) is 0 Å². The summed E-state index contributed by atoms with van der Waals surface area (Å²) in [6.07, 6.45) is 2.97. The van der Waals surface area contributed by atoms with Crippen LogP contribution in [0, 0.1) is 13.8 Å². The highest BCUT2D eigenvalue weighted by atomic mass is 16.3. The minimum absolute atomic E-state index is 0.648. The van der Waals surface area contributed by atoms with E-state index in [4.69, 9.17) is 0 Å². The van der Waals surface area contributed by atoms with Gasteiger partial charge in [-0.1, -0.05) is 18.2 Å². The van der Waals surface area contributed by atoms with E-state index in [9.17, 15) is 5.11 Å². The second kappa shape index (κ2) is 4.72. The van der Waals surface area contributed by atoms with Crippen LogP contribution in [0.1, 0.15) is 35.5 Å². The monoisotopic (exact) mass is 230 g/mol. The quantitative estimate of drug-likeness (QED) is 0.880. The zero-order valence-electron chi connectivity index (χ0n) is 10.5. The lowest BCUT2D eigenvalue weighted by Crippen LogP contribution is -2.10. The molecule has 0 spiro atoms. The van der Waals surface area contributed by atoms with Gasteiger partial charge < -0.3 is 9.67 Å². The predicted molar refractivity (Wildman–Crippen MR) is 67.9 cm³/mol. The van der Waals surface area contributed by atoms with Crippen molar-refractivity contribution in [2.45, 2.75) is 33.4 Å². The van der Waals surface area contributed by atoms with E-state index in [2.05, 4.69) is 18.0 Å². The SMILES string of the molecule is CCn1ccnc1C(O)c1cccc(C)c1C. The molecule has 0 saturated heterocycles. The van der Waals surface area contributed by atoms with Crippen LogP contribution in [-0.4, -0.2) is 14.7 Å². The summed E-state index contributed by atoms with van der Waals surface area (Å²) < 4.78 is 1.96. The lowest BCUT2D eigenvalue weighted by molar-refractivity contribution is 0.204. The van der Waals surface area contributed by atoms with Gasteiger partial charge in [0.15, 0.2) is 0 Å². The van der Waals surface area contributed by atoms with E-state index in [1.807, 2.05) is 36.7 Å². The van der Waals surface area contributed by atoms with Crippen LogP contribution in [0.2, 0.25) is 0 Å². The summed E-state index contributed by atoms with van der Waals surface area (Å²) in [5.74, 6) is 0.709. The van der Waals surface area contributed by atoms with Crippen LogP contribution in [-0.2, 0) is 6.54 Å². The molecule has 3 heteroatoms. The predicted octanol–water partition coefficient (Wildman–Crippen LogP) is 2.60. The fraction of sp³-hybridized carbons (Fsp3) is 0.357. The Kier molecular flexibility index (Phi) is 3.29. The molecule has 0 amide bonds. The average molecular weight is 230 g/mol. The summed E-state index contributed by atoms with van der Waals surface area (Å²) in [4.78, 5) is 4.25. The van der Waals surface area contributed by atoms with Crippen molar-refractivity contribution in [1.82, 2.24) is 9.55 Å². The van der Waals surface area contributed by atoms with Gasteiger partial charge in [-0.05, 0) is 37.5 Å². The summed E-state index contributed by atoms with van der Waals surface area (Å²) in [6, 6.07) is 5.99. The first-order chi connectivity index (χ1) is 8.15. The van der Waals surface area contributed by atoms with E-state index < -0.39 is 6.10 Å². The summed E-state index contributed by atoms with van der Waals surface area (Å²) in [5.41, 5.74) is 3.26. The number of benzene rings is 1. The largest absolute Gasteiger partial charge is 0.380 e. The number of hydrogen-bond donors (Lipinski definition) is 1.